The summed E-state index contributed by atoms with van der Waals surface area (Å²) in [5.41, 5.74) is 0. The Morgan fingerprint density at radius 1 is 1.50 bits per heavy atom. The Balaban J connectivity index is 2.52. The van der Waals surface area contributed by atoms with E-state index in [0.717, 1.165) is 6.42 Å². The van der Waals surface area contributed by atoms with E-state index < -0.39 is 0 Å². The fraction of sp³-hybridized carbons (Fsp3) is 0.833. The maximum atomic E-state index is 11.8. The van der Waals surface area contributed by atoms with Crippen LogP contribution in [0.1, 0.15) is 40.5 Å². The zero-order chi connectivity index (χ0) is 12.3. The molecule has 1 heterocycles. The van der Waals surface area contributed by atoms with Gasteiger partial charge in [-0.05, 0) is 27.2 Å². The summed E-state index contributed by atoms with van der Waals surface area (Å²) in [5.74, 6) is -0.0472. The summed E-state index contributed by atoms with van der Waals surface area (Å²) in [6.45, 7) is 8.54. The van der Waals surface area contributed by atoms with Crippen molar-refractivity contribution in [1.29, 1.82) is 0 Å². The van der Waals surface area contributed by atoms with Gasteiger partial charge in [-0.2, -0.15) is 0 Å². The molecule has 0 radical (unpaired) electrons. The van der Waals surface area contributed by atoms with Crippen LogP contribution in [0.3, 0.4) is 0 Å². The molecule has 0 saturated carbocycles. The molecular weight excluding hydrogens is 204 g/mol. The van der Waals surface area contributed by atoms with E-state index in [0.29, 0.717) is 13.0 Å². The second-order valence-electron chi connectivity index (χ2n) is 4.86. The zero-order valence-corrected chi connectivity index (χ0v) is 10.6. The van der Waals surface area contributed by atoms with Crippen molar-refractivity contribution >= 4 is 11.8 Å². The fourth-order valence-electron chi connectivity index (χ4n) is 1.87. The molecule has 0 unspecified atom stereocenters. The molecular formula is C12H22N2O2. The molecule has 4 nitrogen and oxygen atoms in total. The van der Waals surface area contributed by atoms with Gasteiger partial charge in [0.25, 0.3) is 0 Å². The van der Waals surface area contributed by atoms with Crippen molar-refractivity contribution in [2.75, 3.05) is 6.54 Å². The van der Waals surface area contributed by atoms with E-state index in [-0.39, 0.29) is 29.8 Å². The zero-order valence-electron chi connectivity index (χ0n) is 10.6. The monoisotopic (exact) mass is 226 g/mol. The van der Waals surface area contributed by atoms with Gasteiger partial charge in [0.1, 0.15) is 0 Å². The molecule has 2 atom stereocenters. The minimum absolute atomic E-state index is 0.0193. The van der Waals surface area contributed by atoms with Crippen molar-refractivity contribution in [2.45, 2.75) is 52.6 Å². The third-order valence-corrected chi connectivity index (χ3v) is 3.15. The summed E-state index contributed by atoms with van der Waals surface area (Å²) in [5, 5.41) is 2.93. The minimum atomic E-state index is -0.163. The maximum absolute atomic E-state index is 11.8. The average molecular weight is 226 g/mol. The number of amides is 2. The van der Waals surface area contributed by atoms with Crippen molar-refractivity contribution < 1.29 is 9.59 Å². The molecule has 1 saturated heterocycles. The third kappa shape index (κ3) is 2.97. The predicted octanol–water partition coefficient (Wildman–Crippen LogP) is 1.16. The Morgan fingerprint density at radius 2 is 2.12 bits per heavy atom. The highest BCUT2D eigenvalue weighted by molar-refractivity contribution is 5.89. The Morgan fingerprint density at radius 3 is 2.56 bits per heavy atom. The molecule has 0 aromatic heterocycles. The lowest BCUT2D eigenvalue weighted by Crippen LogP contribution is -2.39. The number of rotatable bonds is 4. The van der Waals surface area contributed by atoms with Crippen LogP contribution in [0.15, 0.2) is 0 Å². The van der Waals surface area contributed by atoms with Gasteiger partial charge >= 0.3 is 0 Å². The lowest BCUT2D eigenvalue weighted by molar-refractivity contribution is -0.130. The van der Waals surface area contributed by atoms with Crippen LogP contribution in [-0.2, 0) is 9.59 Å². The second kappa shape index (κ2) is 5.32. The number of nitrogens with zero attached hydrogens (tertiary/aromatic N) is 1. The minimum Gasteiger partial charge on any atom is -0.353 e. The standard InChI is InChI=1S/C12H22N2O2/c1-5-9(4)13-12(16)10-6-11(15)14(7-10)8(2)3/h8-10H,5-7H2,1-4H3,(H,13,16)/t9-,10+/m0/s1. The van der Waals surface area contributed by atoms with Crippen LogP contribution in [-0.4, -0.2) is 35.3 Å². The Bertz CT molecular complexity index is 276. The highest BCUT2D eigenvalue weighted by Gasteiger charge is 2.35. The summed E-state index contributed by atoms with van der Waals surface area (Å²) in [6.07, 6.45) is 1.28. The third-order valence-electron chi connectivity index (χ3n) is 3.15. The van der Waals surface area contributed by atoms with E-state index in [2.05, 4.69) is 5.32 Å². The molecule has 16 heavy (non-hydrogen) atoms. The summed E-state index contributed by atoms with van der Waals surface area (Å²) in [4.78, 5) is 25.2. The number of carbonyl (C=O) groups is 2. The van der Waals surface area contributed by atoms with Gasteiger partial charge in [-0.1, -0.05) is 6.92 Å². The predicted molar refractivity (Wildman–Crippen MR) is 62.9 cm³/mol. The second-order valence-corrected chi connectivity index (χ2v) is 4.86. The van der Waals surface area contributed by atoms with E-state index in [1.165, 1.54) is 0 Å². The number of carbonyl (C=O) groups excluding carboxylic acids is 2. The highest BCUT2D eigenvalue weighted by Crippen LogP contribution is 2.20. The first-order valence-corrected chi connectivity index (χ1v) is 6.05. The molecule has 1 fully saturated rings. The SMILES string of the molecule is CC[C@H](C)NC(=O)[C@@H]1CC(=O)N(C(C)C)C1. The van der Waals surface area contributed by atoms with Gasteiger partial charge in [-0.25, -0.2) is 0 Å². The Labute approximate surface area is 97.4 Å². The number of hydrogen-bond donors (Lipinski definition) is 1. The first-order valence-electron chi connectivity index (χ1n) is 6.05. The number of hydrogen-bond acceptors (Lipinski definition) is 2. The van der Waals surface area contributed by atoms with Crippen molar-refractivity contribution in [2.24, 2.45) is 5.92 Å². The summed E-state index contributed by atoms with van der Waals surface area (Å²) < 4.78 is 0. The summed E-state index contributed by atoms with van der Waals surface area (Å²) in [7, 11) is 0. The quantitative estimate of drug-likeness (QED) is 0.782. The first-order chi connectivity index (χ1) is 7.45. The van der Waals surface area contributed by atoms with Crippen LogP contribution in [0.4, 0.5) is 0 Å². The molecule has 1 aliphatic heterocycles. The van der Waals surface area contributed by atoms with Gasteiger partial charge in [-0.3, -0.25) is 9.59 Å². The molecule has 0 aromatic rings. The number of nitrogens with one attached hydrogen (secondary N) is 1. The van der Waals surface area contributed by atoms with E-state index >= 15 is 0 Å². The Kier molecular flexibility index (Phi) is 4.33. The average Bonchev–Trinajstić information content (AvgIpc) is 2.60. The fourth-order valence-corrected chi connectivity index (χ4v) is 1.87. The van der Waals surface area contributed by atoms with E-state index in [1.807, 2.05) is 27.7 Å². The van der Waals surface area contributed by atoms with Crippen LogP contribution in [0.5, 0.6) is 0 Å². The van der Waals surface area contributed by atoms with Crippen molar-refractivity contribution in [1.82, 2.24) is 10.2 Å². The number of likely N-dealkylation sites (tertiary alicyclic amines) is 1. The van der Waals surface area contributed by atoms with Crippen LogP contribution in [0, 0.1) is 5.92 Å². The van der Waals surface area contributed by atoms with Gasteiger partial charge in [0, 0.05) is 25.0 Å². The van der Waals surface area contributed by atoms with Gasteiger partial charge in [0.15, 0.2) is 0 Å². The maximum Gasteiger partial charge on any atom is 0.225 e. The smallest absolute Gasteiger partial charge is 0.225 e. The van der Waals surface area contributed by atoms with Gasteiger partial charge in [0.2, 0.25) is 11.8 Å². The topological polar surface area (TPSA) is 49.4 Å². The molecule has 2 amide bonds. The van der Waals surface area contributed by atoms with Gasteiger partial charge in [0.05, 0.1) is 5.92 Å². The molecule has 1 rings (SSSR count). The first kappa shape index (κ1) is 13.0. The van der Waals surface area contributed by atoms with Crippen molar-refractivity contribution in [3.8, 4) is 0 Å². The van der Waals surface area contributed by atoms with Gasteiger partial charge < -0.3 is 10.2 Å². The molecule has 1 N–H and O–H groups in total. The van der Waals surface area contributed by atoms with Gasteiger partial charge in [-0.15, -0.1) is 0 Å². The molecule has 0 aliphatic carbocycles. The lowest BCUT2D eigenvalue weighted by atomic mass is 10.1. The molecule has 92 valence electrons. The van der Waals surface area contributed by atoms with Crippen LogP contribution in [0.2, 0.25) is 0 Å². The normalized spacial score (nSPS) is 22.7. The lowest BCUT2D eigenvalue weighted by Gasteiger charge is -2.21. The molecule has 0 spiro atoms. The summed E-state index contributed by atoms with van der Waals surface area (Å²) >= 11 is 0. The summed E-state index contributed by atoms with van der Waals surface area (Å²) in [6, 6.07) is 0.379. The molecule has 0 bridgehead atoms. The van der Waals surface area contributed by atoms with Crippen LogP contribution >= 0.6 is 0 Å². The largest absolute Gasteiger partial charge is 0.353 e. The highest BCUT2D eigenvalue weighted by atomic mass is 16.2. The molecule has 4 heteroatoms. The van der Waals surface area contributed by atoms with Crippen molar-refractivity contribution in [3.05, 3.63) is 0 Å². The van der Waals surface area contributed by atoms with Crippen molar-refractivity contribution in [3.63, 3.8) is 0 Å². The van der Waals surface area contributed by atoms with Crippen LogP contribution < -0.4 is 5.32 Å². The molecule has 1 aliphatic rings. The van der Waals surface area contributed by atoms with E-state index in [9.17, 15) is 9.59 Å². The Hall–Kier alpha value is -1.06. The molecule has 0 aromatic carbocycles. The van der Waals surface area contributed by atoms with E-state index in [4.69, 9.17) is 0 Å². The van der Waals surface area contributed by atoms with Crippen LogP contribution in [0.25, 0.3) is 0 Å². The van der Waals surface area contributed by atoms with E-state index in [1.54, 1.807) is 4.90 Å².